The van der Waals surface area contributed by atoms with Crippen LogP contribution in [0.5, 0.6) is 0 Å². The SMILES string of the molecule is CNCCn1c(=O)ccc2c(C)cc(C)nc21.Cl. The Morgan fingerprint density at radius 1 is 1.33 bits per heavy atom. The summed E-state index contributed by atoms with van der Waals surface area (Å²) < 4.78 is 1.73. The van der Waals surface area contributed by atoms with E-state index in [-0.39, 0.29) is 18.0 Å². The topological polar surface area (TPSA) is 46.9 Å². The van der Waals surface area contributed by atoms with Crippen LogP contribution in [0.3, 0.4) is 0 Å². The van der Waals surface area contributed by atoms with Gasteiger partial charge in [0.15, 0.2) is 0 Å². The Balaban J connectivity index is 0.00000162. The number of likely N-dealkylation sites (N-methyl/N-ethyl adjacent to an activating group) is 1. The largest absolute Gasteiger partial charge is 0.318 e. The van der Waals surface area contributed by atoms with Gasteiger partial charge in [-0.05, 0) is 38.6 Å². The molecule has 18 heavy (non-hydrogen) atoms. The highest BCUT2D eigenvalue weighted by atomic mass is 35.5. The third kappa shape index (κ3) is 2.71. The molecule has 0 aliphatic heterocycles. The van der Waals surface area contributed by atoms with Gasteiger partial charge in [0.1, 0.15) is 5.65 Å². The Hall–Kier alpha value is -1.39. The van der Waals surface area contributed by atoms with Crippen LogP contribution in [0, 0.1) is 13.8 Å². The van der Waals surface area contributed by atoms with Crippen molar-refractivity contribution in [2.75, 3.05) is 13.6 Å². The summed E-state index contributed by atoms with van der Waals surface area (Å²) in [5.41, 5.74) is 2.89. The van der Waals surface area contributed by atoms with E-state index < -0.39 is 0 Å². The fourth-order valence-corrected chi connectivity index (χ4v) is 2.03. The van der Waals surface area contributed by atoms with E-state index in [0.717, 1.165) is 28.8 Å². The van der Waals surface area contributed by atoms with E-state index in [1.54, 1.807) is 10.6 Å². The van der Waals surface area contributed by atoms with Crippen molar-refractivity contribution in [3.63, 3.8) is 0 Å². The van der Waals surface area contributed by atoms with E-state index in [2.05, 4.69) is 10.3 Å². The lowest BCUT2D eigenvalue weighted by atomic mass is 10.1. The van der Waals surface area contributed by atoms with Crippen molar-refractivity contribution in [3.8, 4) is 0 Å². The molecule has 0 saturated heterocycles. The molecule has 0 aromatic carbocycles. The first-order chi connectivity index (χ1) is 8.13. The maximum atomic E-state index is 11.9. The van der Waals surface area contributed by atoms with Crippen LogP contribution in [0.4, 0.5) is 0 Å². The standard InChI is InChI=1S/C13H17N3O.ClH/c1-9-8-10(2)15-13-11(9)4-5-12(17)16(13)7-6-14-3;/h4-5,8,14H,6-7H2,1-3H3;1H. The third-order valence-electron chi connectivity index (χ3n) is 2.87. The molecule has 2 rings (SSSR count). The zero-order valence-corrected chi connectivity index (χ0v) is 11.7. The van der Waals surface area contributed by atoms with Crippen LogP contribution in [-0.2, 0) is 6.54 Å². The van der Waals surface area contributed by atoms with Gasteiger partial charge in [-0.1, -0.05) is 0 Å². The summed E-state index contributed by atoms with van der Waals surface area (Å²) in [6.07, 6.45) is 0. The first-order valence-electron chi connectivity index (χ1n) is 5.76. The minimum absolute atomic E-state index is 0. The van der Waals surface area contributed by atoms with Gasteiger partial charge in [-0.15, -0.1) is 12.4 Å². The molecule has 5 heteroatoms. The highest BCUT2D eigenvalue weighted by Crippen LogP contribution is 2.15. The monoisotopic (exact) mass is 267 g/mol. The van der Waals surface area contributed by atoms with Crippen molar-refractivity contribution in [1.29, 1.82) is 0 Å². The molecule has 0 spiro atoms. The quantitative estimate of drug-likeness (QED) is 0.920. The van der Waals surface area contributed by atoms with Crippen molar-refractivity contribution in [3.05, 3.63) is 39.8 Å². The minimum atomic E-state index is 0. The van der Waals surface area contributed by atoms with Crippen molar-refractivity contribution in [2.24, 2.45) is 0 Å². The molecule has 1 N–H and O–H groups in total. The van der Waals surface area contributed by atoms with Gasteiger partial charge in [0.05, 0.1) is 0 Å². The van der Waals surface area contributed by atoms with Gasteiger partial charge in [-0.3, -0.25) is 9.36 Å². The zero-order valence-electron chi connectivity index (χ0n) is 10.9. The molecule has 0 amide bonds. The second-order valence-corrected chi connectivity index (χ2v) is 4.24. The van der Waals surface area contributed by atoms with Crippen molar-refractivity contribution < 1.29 is 0 Å². The summed E-state index contributed by atoms with van der Waals surface area (Å²) in [7, 11) is 1.88. The van der Waals surface area contributed by atoms with E-state index in [1.807, 2.05) is 33.0 Å². The molecule has 2 aromatic heterocycles. The van der Waals surface area contributed by atoms with E-state index in [9.17, 15) is 4.79 Å². The number of aryl methyl sites for hydroxylation is 2. The van der Waals surface area contributed by atoms with Crippen LogP contribution >= 0.6 is 12.4 Å². The van der Waals surface area contributed by atoms with Crippen molar-refractivity contribution in [1.82, 2.24) is 14.9 Å². The van der Waals surface area contributed by atoms with Crippen LogP contribution in [0.2, 0.25) is 0 Å². The van der Waals surface area contributed by atoms with Crippen molar-refractivity contribution in [2.45, 2.75) is 20.4 Å². The minimum Gasteiger partial charge on any atom is -0.318 e. The number of fused-ring (bicyclic) bond motifs is 1. The highest BCUT2D eigenvalue weighted by molar-refractivity contribution is 5.85. The molecule has 0 bridgehead atoms. The number of nitrogens with zero attached hydrogens (tertiary/aromatic N) is 2. The lowest BCUT2D eigenvalue weighted by molar-refractivity contribution is 0.639. The number of rotatable bonds is 3. The van der Waals surface area contributed by atoms with Crippen LogP contribution < -0.4 is 10.9 Å². The fourth-order valence-electron chi connectivity index (χ4n) is 2.03. The lowest BCUT2D eigenvalue weighted by Gasteiger charge is -2.11. The highest BCUT2D eigenvalue weighted by Gasteiger charge is 2.06. The zero-order chi connectivity index (χ0) is 12.4. The Kier molecular flexibility index (Phi) is 4.87. The number of hydrogen-bond donors (Lipinski definition) is 1. The van der Waals surface area contributed by atoms with Crippen LogP contribution in [0.1, 0.15) is 11.3 Å². The molecule has 98 valence electrons. The van der Waals surface area contributed by atoms with Crippen LogP contribution in [0.15, 0.2) is 23.0 Å². The van der Waals surface area contributed by atoms with E-state index in [1.165, 1.54) is 0 Å². The summed E-state index contributed by atoms with van der Waals surface area (Å²) >= 11 is 0. The summed E-state index contributed by atoms with van der Waals surface area (Å²) in [4.78, 5) is 16.3. The number of halogens is 1. The Labute approximate surface area is 112 Å². The average Bonchev–Trinajstić information content (AvgIpc) is 2.27. The predicted molar refractivity (Wildman–Crippen MR) is 76.7 cm³/mol. The molecule has 0 atom stereocenters. The first kappa shape index (κ1) is 14.7. The molecule has 4 nitrogen and oxygen atoms in total. The predicted octanol–water partition coefficient (Wildman–Crippen LogP) is 1.65. The second-order valence-electron chi connectivity index (χ2n) is 4.24. The van der Waals surface area contributed by atoms with Crippen LogP contribution in [0.25, 0.3) is 11.0 Å². The van der Waals surface area contributed by atoms with E-state index in [4.69, 9.17) is 0 Å². The van der Waals surface area contributed by atoms with Crippen LogP contribution in [-0.4, -0.2) is 23.1 Å². The lowest BCUT2D eigenvalue weighted by Crippen LogP contribution is -2.25. The fraction of sp³-hybridized carbons (Fsp3) is 0.385. The van der Waals surface area contributed by atoms with Gasteiger partial charge in [0, 0.05) is 30.2 Å². The number of hydrogen-bond acceptors (Lipinski definition) is 3. The summed E-state index contributed by atoms with van der Waals surface area (Å²) in [5, 5.41) is 4.10. The molecule has 0 aliphatic rings. The number of nitrogens with one attached hydrogen (secondary N) is 1. The molecule has 0 fully saturated rings. The summed E-state index contributed by atoms with van der Waals surface area (Å²) in [6, 6.07) is 5.51. The molecule has 2 heterocycles. The summed E-state index contributed by atoms with van der Waals surface area (Å²) in [6.45, 7) is 5.40. The maximum absolute atomic E-state index is 11.9. The molecular formula is C13H18ClN3O. The van der Waals surface area contributed by atoms with Gasteiger partial charge in [-0.2, -0.15) is 0 Å². The smallest absolute Gasteiger partial charge is 0.252 e. The van der Waals surface area contributed by atoms with Crippen molar-refractivity contribution >= 4 is 23.4 Å². The summed E-state index contributed by atoms with van der Waals surface area (Å²) in [5.74, 6) is 0. The van der Waals surface area contributed by atoms with Gasteiger partial charge in [0.25, 0.3) is 5.56 Å². The number of aromatic nitrogens is 2. The van der Waals surface area contributed by atoms with E-state index in [0.29, 0.717) is 6.54 Å². The molecule has 0 radical (unpaired) electrons. The normalized spacial score (nSPS) is 10.4. The Bertz CT molecular complexity index is 607. The van der Waals surface area contributed by atoms with E-state index >= 15 is 0 Å². The first-order valence-corrected chi connectivity index (χ1v) is 5.76. The second kappa shape index (κ2) is 5.98. The molecule has 2 aromatic rings. The van der Waals surface area contributed by atoms with Gasteiger partial charge < -0.3 is 5.32 Å². The Morgan fingerprint density at radius 2 is 2.06 bits per heavy atom. The molecule has 0 unspecified atom stereocenters. The molecule has 0 aliphatic carbocycles. The Morgan fingerprint density at radius 3 is 2.72 bits per heavy atom. The van der Waals surface area contributed by atoms with Gasteiger partial charge in [0.2, 0.25) is 0 Å². The average molecular weight is 268 g/mol. The third-order valence-corrected chi connectivity index (χ3v) is 2.87. The van der Waals surface area contributed by atoms with Gasteiger partial charge >= 0.3 is 0 Å². The van der Waals surface area contributed by atoms with Gasteiger partial charge in [-0.25, -0.2) is 4.98 Å². The maximum Gasteiger partial charge on any atom is 0.252 e. The molecular weight excluding hydrogens is 250 g/mol. The molecule has 0 saturated carbocycles. The number of pyridine rings is 2.